The van der Waals surface area contributed by atoms with E-state index >= 15 is 0 Å². The topological polar surface area (TPSA) is 86.5 Å². The third-order valence-electron chi connectivity index (χ3n) is 4.92. The molecule has 2 aromatic heterocycles. The number of carbonyl (C=O) groups is 1. The van der Waals surface area contributed by atoms with Crippen LogP contribution < -0.4 is 14.8 Å². The Labute approximate surface area is 195 Å². The van der Waals surface area contributed by atoms with Crippen LogP contribution in [0.2, 0.25) is 0 Å². The molecule has 0 bridgehead atoms. The normalized spacial score (nSPS) is 11.3. The molecular formula is C24H26F3N3O4. The second-order valence-electron chi connectivity index (χ2n) is 7.59. The van der Waals surface area contributed by atoms with Crippen molar-refractivity contribution in [1.82, 2.24) is 15.3 Å². The SMILES string of the molecule is CCCCCCCCNC(=O)Oc1ccc(OC(F)(F)F)c(-c2cncc(-c3ncco3)c2)c1. The largest absolute Gasteiger partial charge is 0.573 e. The monoisotopic (exact) mass is 477 g/mol. The van der Waals surface area contributed by atoms with Crippen LogP contribution in [0, 0.1) is 0 Å². The number of aromatic nitrogens is 2. The van der Waals surface area contributed by atoms with Gasteiger partial charge in [-0.25, -0.2) is 9.78 Å². The fraction of sp³-hybridized carbons (Fsp3) is 0.375. The van der Waals surface area contributed by atoms with E-state index in [1.54, 1.807) is 6.07 Å². The maximum atomic E-state index is 13.0. The Morgan fingerprint density at radius 2 is 1.82 bits per heavy atom. The van der Waals surface area contributed by atoms with Crippen molar-refractivity contribution >= 4 is 6.09 Å². The Morgan fingerprint density at radius 3 is 2.56 bits per heavy atom. The molecule has 0 saturated carbocycles. The first-order chi connectivity index (χ1) is 16.4. The third-order valence-corrected chi connectivity index (χ3v) is 4.92. The molecule has 0 aliphatic carbocycles. The highest BCUT2D eigenvalue weighted by molar-refractivity contribution is 5.76. The molecule has 0 aliphatic heterocycles. The van der Waals surface area contributed by atoms with Gasteiger partial charge in [-0.3, -0.25) is 4.98 Å². The number of hydrogen-bond donors (Lipinski definition) is 1. The van der Waals surface area contributed by atoms with Crippen molar-refractivity contribution in [3.8, 4) is 34.1 Å². The quantitative estimate of drug-likeness (QED) is 0.307. The molecule has 0 spiro atoms. The lowest BCUT2D eigenvalue weighted by atomic mass is 10.0. The highest BCUT2D eigenvalue weighted by Crippen LogP contribution is 2.37. The number of benzene rings is 1. The summed E-state index contributed by atoms with van der Waals surface area (Å²) >= 11 is 0. The van der Waals surface area contributed by atoms with E-state index in [0.717, 1.165) is 25.3 Å². The summed E-state index contributed by atoms with van der Waals surface area (Å²) in [5, 5.41) is 2.66. The number of halogens is 3. The Kier molecular flexibility index (Phi) is 8.89. The lowest BCUT2D eigenvalue weighted by Crippen LogP contribution is -2.27. The number of nitrogens with one attached hydrogen (secondary N) is 1. The second kappa shape index (κ2) is 12.1. The van der Waals surface area contributed by atoms with Crippen LogP contribution in [0.15, 0.2) is 53.5 Å². The van der Waals surface area contributed by atoms with Gasteiger partial charge in [0, 0.05) is 30.1 Å². The minimum absolute atomic E-state index is 0.0412. The zero-order valence-electron chi connectivity index (χ0n) is 18.7. The van der Waals surface area contributed by atoms with Gasteiger partial charge in [0.1, 0.15) is 17.8 Å². The summed E-state index contributed by atoms with van der Waals surface area (Å²) in [6, 6.07) is 5.18. The first-order valence-corrected chi connectivity index (χ1v) is 11.1. The Bertz CT molecular complexity index is 1060. The van der Waals surface area contributed by atoms with Crippen molar-refractivity contribution in [2.75, 3.05) is 6.54 Å². The van der Waals surface area contributed by atoms with Crippen molar-refractivity contribution in [3.63, 3.8) is 0 Å². The van der Waals surface area contributed by atoms with Gasteiger partial charge >= 0.3 is 12.5 Å². The minimum atomic E-state index is -4.90. The van der Waals surface area contributed by atoms with Gasteiger partial charge < -0.3 is 19.2 Å². The number of rotatable bonds is 11. The molecule has 1 N–H and O–H groups in total. The van der Waals surface area contributed by atoms with E-state index in [4.69, 9.17) is 9.15 Å². The van der Waals surface area contributed by atoms with E-state index in [0.29, 0.717) is 17.7 Å². The molecule has 3 aromatic rings. The molecule has 182 valence electrons. The molecule has 1 aromatic carbocycles. The number of alkyl halides is 3. The van der Waals surface area contributed by atoms with Gasteiger partial charge in [-0.2, -0.15) is 0 Å². The molecule has 10 heteroatoms. The lowest BCUT2D eigenvalue weighted by Gasteiger charge is -2.15. The van der Waals surface area contributed by atoms with Crippen molar-refractivity contribution in [2.24, 2.45) is 0 Å². The van der Waals surface area contributed by atoms with Crippen LogP contribution in [0.5, 0.6) is 11.5 Å². The van der Waals surface area contributed by atoms with Crippen molar-refractivity contribution in [1.29, 1.82) is 0 Å². The summed E-state index contributed by atoms with van der Waals surface area (Å²) in [5.74, 6) is -0.140. The van der Waals surface area contributed by atoms with Gasteiger partial charge in [-0.1, -0.05) is 39.0 Å². The van der Waals surface area contributed by atoms with Crippen molar-refractivity contribution in [2.45, 2.75) is 51.8 Å². The molecular weight excluding hydrogens is 451 g/mol. The van der Waals surface area contributed by atoms with E-state index in [1.165, 1.54) is 56.2 Å². The molecule has 0 saturated heterocycles. The Hall–Kier alpha value is -3.56. The number of carbonyl (C=O) groups excluding carboxylic acids is 1. The highest BCUT2D eigenvalue weighted by atomic mass is 19.4. The number of hydrogen-bond acceptors (Lipinski definition) is 6. The fourth-order valence-electron chi connectivity index (χ4n) is 3.32. The molecule has 0 radical (unpaired) electrons. The number of nitrogens with zero attached hydrogens (tertiary/aromatic N) is 2. The van der Waals surface area contributed by atoms with Crippen molar-refractivity contribution in [3.05, 3.63) is 49.1 Å². The van der Waals surface area contributed by atoms with E-state index in [-0.39, 0.29) is 17.2 Å². The number of unbranched alkanes of at least 4 members (excludes halogenated alkanes) is 5. The van der Waals surface area contributed by atoms with Crippen LogP contribution in [0.4, 0.5) is 18.0 Å². The first kappa shape index (κ1) is 25.1. The average molecular weight is 477 g/mol. The van der Waals surface area contributed by atoms with Gasteiger partial charge in [0.2, 0.25) is 5.89 Å². The molecule has 0 atom stereocenters. The van der Waals surface area contributed by atoms with E-state index in [1.807, 2.05) is 0 Å². The third kappa shape index (κ3) is 7.79. The summed E-state index contributed by atoms with van der Waals surface area (Å²) in [6.07, 6.45) is 6.53. The molecule has 7 nitrogen and oxygen atoms in total. The lowest BCUT2D eigenvalue weighted by molar-refractivity contribution is -0.274. The van der Waals surface area contributed by atoms with Crippen molar-refractivity contribution < 1.29 is 31.9 Å². The predicted octanol–water partition coefficient (Wildman–Crippen LogP) is 6.75. The van der Waals surface area contributed by atoms with Crippen LogP contribution in [-0.2, 0) is 0 Å². The molecule has 0 aliphatic rings. The van der Waals surface area contributed by atoms with Crippen LogP contribution >= 0.6 is 0 Å². The summed E-state index contributed by atoms with van der Waals surface area (Å²) in [4.78, 5) is 20.2. The molecule has 34 heavy (non-hydrogen) atoms. The van der Waals surface area contributed by atoms with Gasteiger partial charge in [0.05, 0.1) is 11.8 Å². The second-order valence-corrected chi connectivity index (χ2v) is 7.59. The van der Waals surface area contributed by atoms with Crippen LogP contribution in [0.3, 0.4) is 0 Å². The molecule has 3 rings (SSSR count). The van der Waals surface area contributed by atoms with E-state index in [9.17, 15) is 18.0 Å². The molecule has 1 amide bonds. The first-order valence-electron chi connectivity index (χ1n) is 11.1. The average Bonchev–Trinajstić information content (AvgIpc) is 3.34. The maximum Gasteiger partial charge on any atom is 0.573 e. The van der Waals surface area contributed by atoms with E-state index < -0.39 is 18.2 Å². The number of amides is 1. The van der Waals surface area contributed by atoms with Crippen LogP contribution in [0.1, 0.15) is 45.4 Å². The molecule has 0 unspecified atom stereocenters. The smallest absolute Gasteiger partial charge is 0.444 e. The summed E-state index contributed by atoms with van der Waals surface area (Å²) in [7, 11) is 0. The van der Waals surface area contributed by atoms with Gasteiger partial charge in [-0.05, 0) is 30.7 Å². The van der Waals surface area contributed by atoms with Gasteiger partial charge in [0.25, 0.3) is 0 Å². The van der Waals surface area contributed by atoms with Crippen LogP contribution in [0.25, 0.3) is 22.6 Å². The zero-order chi connectivity index (χ0) is 24.4. The minimum Gasteiger partial charge on any atom is -0.444 e. The standard InChI is InChI=1S/C24H26F3N3O4/c1-2-3-4-5-6-7-10-30-23(31)33-19-8-9-21(34-24(25,26)27)20(14-19)17-13-18(16-28-15-17)22-29-11-12-32-22/h8-9,11-16H,2-7,10H2,1H3,(H,30,31). The predicted molar refractivity (Wildman–Crippen MR) is 119 cm³/mol. The Morgan fingerprint density at radius 1 is 1.06 bits per heavy atom. The van der Waals surface area contributed by atoms with Gasteiger partial charge in [-0.15, -0.1) is 13.2 Å². The molecule has 0 fully saturated rings. The molecule has 2 heterocycles. The highest BCUT2D eigenvalue weighted by Gasteiger charge is 2.32. The maximum absolute atomic E-state index is 13.0. The zero-order valence-corrected chi connectivity index (χ0v) is 18.7. The number of ether oxygens (including phenoxy) is 2. The number of oxazole rings is 1. The summed E-state index contributed by atoms with van der Waals surface area (Å²) in [6.45, 7) is 2.60. The number of pyridine rings is 1. The van der Waals surface area contributed by atoms with Gasteiger partial charge in [0.15, 0.2) is 0 Å². The van der Waals surface area contributed by atoms with E-state index in [2.05, 4.69) is 26.9 Å². The van der Waals surface area contributed by atoms with Crippen LogP contribution in [-0.4, -0.2) is 29.0 Å². The summed E-state index contributed by atoms with van der Waals surface area (Å²) < 4.78 is 53.6. The fourth-order valence-corrected chi connectivity index (χ4v) is 3.32. The summed E-state index contributed by atoms with van der Waals surface area (Å²) in [5.41, 5.74) is 0.802. The Balaban J connectivity index is 1.73.